The van der Waals surface area contributed by atoms with Gasteiger partial charge in [0.15, 0.2) is 0 Å². The molecule has 0 bridgehead atoms. The molecule has 174 valence electrons. The third kappa shape index (κ3) is 7.91. The molecule has 1 aliphatic rings. The van der Waals surface area contributed by atoms with E-state index in [9.17, 15) is 9.90 Å². The summed E-state index contributed by atoms with van der Waals surface area (Å²) in [5.41, 5.74) is 2.56. The molecule has 1 N–H and O–H groups in total. The normalized spacial score (nSPS) is 16.1. The van der Waals surface area contributed by atoms with Crippen molar-refractivity contribution in [3.63, 3.8) is 0 Å². The lowest BCUT2D eigenvalue weighted by atomic mass is 9.97. The second kappa shape index (κ2) is 13.0. The minimum absolute atomic E-state index is 0.211. The number of unbranched alkanes of at least 4 members (excludes halogenated alkanes) is 3. The second-order valence-corrected chi connectivity index (χ2v) is 9.41. The summed E-state index contributed by atoms with van der Waals surface area (Å²) >= 11 is 6.00. The van der Waals surface area contributed by atoms with Crippen molar-refractivity contribution in [1.82, 2.24) is 4.90 Å². The van der Waals surface area contributed by atoms with Crippen molar-refractivity contribution in [2.45, 2.75) is 58.0 Å². The third-order valence-corrected chi connectivity index (χ3v) is 6.55. The molecular weight excluding hydrogens is 422 g/mol. The van der Waals surface area contributed by atoms with Crippen LogP contribution in [-0.4, -0.2) is 48.6 Å². The number of rotatable bonds is 12. The van der Waals surface area contributed by atoms with E-state index in [0.717, 1.165) is 68.5 Å². The Morgan fingerprint density at radius 2 is 1.84 bits per heavy atom. The Morgan fingerprint density at radius 3 is 2.53 bits per heavy atom. The van der Waals surface area contributed by atoms with Crippen LogP contribution in [0.15, 0.2) is 42.5 Å². The van der Waals surface area contributed by atoms with Gasteiger partial charge in [-0.1, -0.05) is 56.3 Å². The number of nitrogens with zero attached hydrogens (tertiary/aromatic N) is 1. The molecule has 2 aromatic carbocycles. The molecule has 1 atom stereocenters. The zero-order valence-electron chi connectivity index (χ0n) is 19.1. The van der Waals surface area contributed by atoms with Gasteiger partial charge in [-0.05, 0) is 79.7 Å². The summed E-state index contributed by atoms with van der Waals surface area (Å²) in [6.45, 7) is 5.65. The Labute approximate surface area is 197 Å². The van der Waals surface area contributed by atoms with Gasteiger partial charge in [-0.3, -0.25) is 4.79 Å². The first-order chi connectivity index (χ1) is 15.6. The Bertz CT molecular complexity index is 831. The molecule has 0 aliphatic carbocycles. The topological polar surface area (TPSA) is 49.8 Å². The average molecular weight is 458 g/mol. The van der Waals surface area contributed by atoms with E-state index in [4.69, 9.17) is 16.3 Å². The number of hydrogen-bond acceptors (Lipinski definition) is 4. The predicted octanol–water partition coefficient (Wildman–Crippen LogP) is 6.24. The summed E-state index contributed by atoms with van der Waals surface area (Å²) in [6, 6.07) is 13.3. The number of ether oxygens (including phenoxy) is 1. The fourth-order valence-electron chi connectivity index (χ4n) is 4.33. The number of hydrogen-bond donors (Lipinski definition) is 1. The molecule has 0 aromatic heterocycles. The fourth-order valence-corrected chi connectivity index (χ4v) is 4.45. The maximum Gasteiger partial charge on any atom is 0.150 e. The number of piperidine rings is 1. The van der Waals surface area contributed by atoms with Gasteiger partial charge in [-0.15, -0.1) is 0 Å². The van der Waals surface area contributed by atoms with Gasteiger partial charge >= 0.3 is 0 Å². The number of aldehydes is 1. The van der Waals surface area contributed by atoms with Crippen LogP contribution in [-0.2, 0) is 0 Å². The Balaban J connectivity index is 1.46. The molecule has 1 aliphatic heterocycles. The van der Waals surface area contributed by atoms with Crippen molar-refractivity contribution in [3.05, 3.63) is 53.1 Å². The van der Waals surface area contributed by atoms with E-state index in [1.165, 1.54) is 19.3 Å². The monoisotopic (exact) mass is 457 g/mol. The van der Waals surface area contributed by atoms with Gasteiger partial charge in [0.05, 0.1) is 12.7 Å². The van der Waals surface area contributed by atoms with E-state index < -0.39 is 0 Å². The average Bonchev–Trinajstić information content (AvgIpc) is 2.81. The summed E-state index contributed by atoms with van der Waals surface area (Å²) in [6.07, 6.45) is 8.53. The minimum Gasteiger partial charge on any atom is -0.493 e. The van der Waals surface area contributed by atoms with Crippen LogP contribution in [0, 0.1) is 5.92 Å². The first-order valence-electron chi connectivity index (χ1n) is 12.0. The molecule has 4 nitrogen and oxygen atoms in total. The van der Waals surface area contributed by atoms with Crippen LogP contribution in [0.4, 0.5) is 0 Å². The van der Waals surface area contributed by atoms with Crippen molar-refractivity contribution < 1.29 is 14.6 Å². The highest BCUT2D eigenvalue weighted by Crippen LogP contribution is 2.28. The van der Waals surface area contributed by atoms with Crippen LogP contribution in [0.2, 0.25) is 5.02 Å². The first-order valence-corrected chi connectivity index (χ1v) is 12.3. The minimum atomic E-state index is -0.211. The SMILES string of the molecule is CCCCCCC(O)CN1CCC(COc2cc(C=O)cc(-c3ccc(Cl)cc3)c2)CC1. The smallest absolute Gasteiger partial charge is 0.150 e. The predicted molar refractivity (Wildman–Crippen MR) is 132 cm³/mol. The van der Waals surface area contributed by atoms with Gasteiger partial charge in [0.25, 0.3) is 0 Å². The number of aliphatic hydroxyl groups excluding tert-OH is 1. The zero-order chi connectivity index (χ0) is 22.8. The summed E-state index contributed by atoms with van der Waals surface area (Å²) in [5.74, 6) is 1.22. The largest absolute Gasteiger partial charge is 0.493 e. The lowest BCUT2D eigenvalue weighted by Gasteiger charge is -2.33. The van der Waals surface area contributed by atoms with Crippen molar-refractivity contribution in [2.75, 3.05) is 26.2 Å². The molecule has 3 rings (SSSR count). The molecule has 5 heteroatoms. The Kier molecular flexibility index (Phi) is 10.0. The van der Waals surface area contributed by atoms with Gasteiger partial charge in [-0.2, -0.15) is 0 Å². The zero-order valence-corrected chi connectivity index (χ0v) is 19.9. The van der Waals surface area contributed by atoms with Gasteiger partial charge < -0.3 is 14.7 Å². The molecule has 0 saturated carbocycles. The molecule has 32 heavy (non-hydrogen) atoms. The van der Waals surface area contributed by atoms with Crippen molar-refractivity contribution in [1.29, 1.82) is 0 Å². The first kappa shape index (κ1) is 24.8. The van der Waals surface area contributed by atoms with Crippen LogP contribution in [0.5, 0.6) is 5.75 Å². The number of carbonyl (C=O) groups is 1. The maximum atomic E-state index is 11.4. The van der Waals surface area contributed by atoms with Crippen LogP contribution in [0.1, 0.15) is 62.2 Å². The Morgan fingerprint density at radius 1 is 1.09 bits per heavy atom. The molecular formula is C27H36ClNO3. The van der Waals surface area contributed by atoms with Crippen LogP contribution < -0.4 is 4.74 Å². The standard InChI is InChI=1S/C27H36ClNO3/c1-2-3-4-5-6-26(31)18-29-13-11-21(12-14-29)20-32-27-16-22(19-30)15-24(17-27)23-7-9-25(28)10-8-23/h7-10,15-17,19,21,26,31H,2-6,11-14,18,20H2,1H3. The quantitative estimate of drug-likeness (QED) is 0.302. The van der Waals surface area contributed by atoms with E-state index in [-0.39, 0.29) is 6.10 Å². The molecule has 1 unspecified atom stereocenters. The highest BCUT2D eigenvalue weighted by Gasteiger charge is 2.21. The number of likely N-dealkylation sites (tertiary alicyclic amines) is 1. The van der Waals surface area contributed by atoms with Gasteiger partial charge in [0.2, 0.25) is 0 Å². The number of halogens is 1. The second-order valence-electron chi connectivity index (χ2n) is 8.97. The van der Waals surface area contributed by atoms with E-state index in [1.54, 1.807) is 6.07 Å². The summed E-state index contributed by atoms with van der Waals surface area (Å²) in [4.78, 5) is 13.8. The highest BCUT2D eigenvalue weighted by molar-refractivity contribution is 6.30. The van der Waals surface area contributed by atoms with E-state index in [0.29, 0.717) is 23.1 Å². The Hall–Kier alpha value is -1.88. The van der Waals surface area contributed by atoms with Gasteiger partial charge in [0, 0.05) is 17.1 Å². The third-order valence-electron chi connectivity index (χ3n) is 6.30. The summed E-state index contributed by atoms with van der Waals surface area (Å²) in [7, 11) is 0. The van der Waals surface area contributed by atoms with Gasteiger partial charge in [0.1, 0.15) is 12.0 Å². The number of aliphatic hydroxyl groups is 1. The highest BCUT2D eigenvalue weighted by atomic mass is 35.5. The van der Waals surface area contributed by atoms with E-state index in [1.807, 2.05) is 36.4 Å². The summed E-state index contributed by atoms with van der Waals surface area (Å²) < 4.78 is 6.11. The molecule has 0 radical (unpaired) electrons. The van der Waals surface area contributed by atoms with E-state index in [2.05, 4.69) is 11.8 Å². The number of benzene rings is 2. The molecule has 2 aromatic rings. The van der Waals surface area contributed by atoms with Crippen molar-refractivity contribution in [3.8, 4) is 16.9 Å². The molecule has 0 amide bonds. The molecule has 1 saturated heterocycles. The maximum absolute atomic E-state index is 11.4. The van der Waals surface area contributed by atoms with Crippen molar-refractivity contribution in [2.24, 2.45) is 5.92 Å². The number of β-amino-alcohol motifs (C(OH)–C–C–N with tert-alkyl or cyclic N) is 1. The molecule has 1 fully saturated rings. The van der Waals surface area contributed by atoms with Crippen LogP contribution in [0.3, 0.4) is 0 Å². The van der Waals surface area contributed by atoms with Gasteiger partial charge in [-0.25, -0.2) is 0 Å². The van der Waals surface area contributed by atoms with Crippen LogP contribution >= 0.6 is 11.6 Å². The lowest BCUT2D eigenvalue weighted by molar-refractivity contribution is 0.0735. The fraction of sp³-hybridized carbons (Fsp3) is 0.519. The lowest BCUT2D eigenvalue weighted by Crippen LogP contribution is -2.40. The number of carbonyl (C=O) groups excluding carboxylic acids is 1. The van der Waals surface area contributed by atoms with E-state index >= 15 is 0 Å². The molecule has 1 heterocycles. The van der Waals surface area contributed by atoms with Crippen molar-refractivity contribution >= 4 is 17.9 Å². The van der Waals surface area contributed by atoms with Crippen LogP contribution in [0.25, 0.3) is 11.1 Å². The molecule has 0 spiro atoms. The summed E-state index contributed by atoms with van der Waals surface area (Å²) in [5, 5.41) is 11.0.